The summed E-state index contributed by atoms with van der Waals surface area (Å²) in [5, 5.41) is 3.87. The van der Waals surface area contributed by atoms with Gasteiger partial charge >= 0.3 is 0 Å². The van der Waals surface area contributed by atoms with Crippen LogP contribution in [0.2, 0.25) is 0 Å². The van der Waals surface area contributed by atoms with Gasteiger partial charge in [0.1, 0.15) is 0 Å². The molecule has 0 radical (unpaired) electrons. The SMILES string of the molecule is C=CC=C.CC.CC.c1ccc2c3c([nH]c2c#1)C=C(c1ccc2c(c1)c1ccccc1n2-c1ccccc1)CC3. The highest BCUT2D eigenvalue weighted by Crippen LogP contribution is 2.37. The molecular weight excluding hydrogens is 484 g/mol. The number of aromatic nitrogens is 2. The van der Waals surface area contributed by atoms with Crippen LogP contribution in [0.3, 0.4) is 0 Å². The summed E-state index contributed by atoms with van der Waals surface area (Å²) < 4.78 is 2.37. The molecule has 7 rings (SSSR count). The van der Waals surface area contributed by atoms with E-state index in [1.807, 2.05) is 33.8 Å². The first-order valence-corrected chi connectivity index (χ1v) is 14.2. The fourth-order valence-electron chi connectivity index (χ4n) is 5.25. The molecule has 0 bridgehead atoms. The lowest BCUT2D eigenvalue weighted by Crippen LogP contribution is -1.98. The fourth-order valence-corrected chi connectivity index (χ4v) is 5.25. The van der Waals surface area contributed by atoms with Crippen LogP contribution in [0.15, 0.2) is 110 Å². The van der Waals surface area contributed by atoms with E-state index in [1.54, 1.807) is 12.2 Å². The summed E-state index contributed by atoms with van der Waals surface area (Å²) in [6.45, 7) is 14.7. The van der Waals surface area contributed by atoms with Crippen molar-refractivity contribution in [3.8, 4) is 5.69 Å². The number of hydrogen-bond acceptors (Lipinski definition) is 0. The van der Waals surface area contributed by atoms with Gasteiger partial charge in [0.25, 0.3) is 0 Å². The first-order valence-electron chi connectivity index (χ1n) is 14.2. The van der Waals surface area contributed by atoms with Crippen molar-refractivity contribution < 1.29 is 0 Å². The molecule has 1 aliphatic rings. The zero-order chi connectivity index (χ0) is 28.5. The van der Waals surface area contributed by atoms with Crippen molar-refractivity contribution in [1.82, 2.24) is 9.55 Å². The molecule has 1 aliphatic carbocycles. The summed E-state index contributed by atoms with van der Waals surface area (Å²) in [6.07, 6.45) is 7.69. The van der Waals surface area contributed by atoms with E-state index in [1.165, 1.54) is 55.3 Å². The monoisotopic (exact) mass is 522 g/mol. The van der Waals surface area contributed by atoms with Crippen molar-refractivity contribution in [3.63, 3.8) is 0 Å². The summed E-state index contributed by atoms with van der Waals surface area (Å²) >= 11 is 0. The number of H-pyrrole nitrogens is 1. The largest absolute Gasteiger partial charge is 0.348 e. The van der Waals surface area contributed by atoms with Crippen molar-refractivity contribution in [1.29, 1.82) is 0 Å². The van der Waals surface area contributed by atoms with Gasteiger partial charge in [-0.1, -0.05) is 102 Å². The summed E-state index contributed by atoms with van der Waals surface area (Å²) in [6, 6.07) is 36.6. The van der Waals surface area contributed by atoms with E-state index in [0.29, 0.717) is 0 Å². The molecule has 0 atom stereocenters. The Bertz CT molecular complexity index is 1750. The number of aromatic amines is 1. The third-order valence-corrected chi connectivity index (χ3v) is 6.90. The lowest BCUT2D eigenvalue weighted by Gasteiger charge is -2.15. The number of nitrogens with one attached hydrogen (secondary N) is 1. The standard InChI is InChI=1S/C30H20N2.C4H6.2C2H6/c1-2-8-22(9-3-1)32-29-13-7-5-11-25(29)26-18-20(15-17-30(26)32)21-14-16-24-23-10-4-6-12-27(23)31-28(24)19-21;1-3-4-2;2*1-2/h1-5,7-11,13,15,17-19,31H,14,16H2;3-4H,1-2H2;2*1-2H3. The normalized spacial score (nSPS) is 11.4. The van der Waals surface area contributed by atoms with Crippen molar-refractivity contribution >= 4 is 44.4 Å². The van der Waals surface area contributed by atoms with Crippen LogP contribution in [0.4, 0.5) is 0 Å². The van der Waals surface area contributed by atoms with E-state index in [0.717, 1.165) is 18.4 Å². The molecule has 0 aliphatic heterocycles. The molecule has 200 valence electrons. The number of hydrogen-bond donors (Lipinski definition) is 1. The molecule has 0 fully saturated rings. The predicted octanol–water partition coefficient (Wildman–Crippen LogP) is 10.8. The molecule has 2 nitrogen and oxygen atoms in total. The van der Waals surface area contributed by atoms with E-state index in [4.69, 9.17) is 0 Å². The van der Waals surface area contributed by atoms with Gasteiger partial charge in [0, 0.05) is 27.5 Å². The van der Waals surface area contributed by atoms with Gasteiger partial charge < -0.3 is 9.55 Å². The molecule has 6 aromatic rings. The van der Waals surface area contributed by atoms with Gasteiger partial charge in [0.2, 0.25) is 0 Å². The third kappa shape index (κ3) is 5.37. The van der Waals surface area contributed by atoms with Crippen LogP contribution >= 0.6 is 0 Å². The maximum absolute atomic E-state index is 3.54. The molecular formula is C38H38N2. The lowest BCUT2D eigenvalue weighted by atomic mass is 9.90. The van der Waals surface area contributed by atoms with Crippen molar-refractivity contribution in [2.24, 2.45) is 0 Å². The van der Waals surface area contributed by atoms with Gasteiger partial charge in [-0.2, -0.15) is 0 Å². The third-order valence-electron chi connectivity index (χ3n) is 6.90. The molecule has 1 N–H and O–H groups in total. The molecule has 2 heterocycles. The van der Waals surface area contributed by atoms with E-state index in [9.17, 15) is 0 Å². The van der Waals surface area contributed by atoms with E-state index >= 15 is 0 Å². The van der Waals surface area contributed by atoms with Gasteiger partial charge in [-0.15, -0.1) is 0 Å². The van der Waals surface area contributed by atoms with Gasteiger partial charge in [-0.25, -0.2) is 0 Å². The molecule has 0 amide bonds. The minimum absolute atomic E-state index is 1.04. The second kappa shape index (κ2) is 13.4. The lowest BCUT2D eigenvalue weighted by molar-refractivity contribution is 1.01. The number of nitrogens with zero attached hydrogens (tertiary/aromatic N) is 1. The van der Waals surface area contributed by atoms with Crippen molar-refractivity contribution in [3.05, 3.63) is 139 Å². The smallest absolute Gasteiger partial charge is 0.0978 e. The highest BCUT2D eigenvalue weighted by molar-refractivity contribution is 6.10. The molecule has 0 unspecified atom stereocenters. The Morgan fingerprint density at radius 1 is 0.750 bits per heavy atom. The highest BCUT2D eigenvalue weighted by atomic mass is 15.0. The predicted molar refractivity (Wildman–Crippen MR) is 176 cm³/mol. The zero-order valence-corrected chi connectivity index (χ0v) is 24.1. The van der Waals surface area contributed by atoms with E-state index in [-0.39, 0.29) is 0 Å². The van der Waals surface area contributed by atoms with Crippen LogP contribution in [0.25, 0.3) is 50.0 Å². The molecule has 2 heteroatoms. The highest BCUT2D eigenvalue weighted by Gasteiger charge is 2.18. The quantitative estimate of drug-likeness (QED) is 0.223. The Morgan fingerprint density at radius 3 is 2.20 bits per heavy atom. The maximum atomic E-state index is 3.54. The minimum Gasteiger partial charge on any atom is -0.348 e. The maximum Gasteiger partial charge on any atom is 0.0978 e. The average Bonchev–Trinajstić information content (AvgIpc) is 3.58. The van der Waals surface area contributed by atoms with Gasteiger partial charge in [0.05, 0.1) is 16.6 Å². The Labute approximate surface area is 239 Å². The van der Waals surface area contributed by atoms with Gasteiger partial charge in [-0.3, -0.25) is 0 Å². The molecule has 40 heavy (non-hydrogen) atoms. The first kappa shape index (κ1) is 28.3. The summed E-state index contributed by atoms with van der Waals surface area (Å²) in [5.41, 5.74) is 10.0. The van der Waals surface area contributed by atoms with Crippen LogP contribution in [-0.4, -0.2) is 9.55 Å². The number of benzene rings is 3. The number of fused-ring (bicyclic) bond motifs is 6. The second-order valence-corrected chi connectivity index (χ2v) is 8.97. The van der Waals surface area contributed by atoms with Crippen LogP contribution in [0, 0.1) is 12.1 Å². The van der Waals surface area contributed by atoms with E-state index in [2.05, 4.69) is 120 Å². The molecule has 0 saturated carbocycles. The Kier molecular flexibility index (Phi) is 9.44. The zero-order valence-electron chi connectivity index (χ0n) is 24.1. The second-order valence-electron chi connectivity index (χ2n) is 8.97. The first-order chi connectivity index (χ1) is 19.8. The number of para-hydroxylation sites is 2. The summed E-state index contributed by atoms with van der Waals surface area (Å²) in [7, 11) is 0. The summed E-state index contributed by atoms with van der Waals surface area (Å²) in [4.78, 5) is 3.54. The molecule has 0 spiro atoms. The average molecular weight is 523 g/mol. The van der Waals surface area contributed by atoms with Gasteiger partial charge in [0.15, 0.2) is 0 Å². The number of allylic oxidation sites excluding steroid dienone is 3. The van der Waals surface area contributed by atoms with Crippen LogP contribution in [0.1, 0.15) is 50.9 Å². The summed E-state index contributed by atoms with van der Waals surface area (Å²) in [5.74, 6) is 0. The molecule has 4 aromatic carbocycles. The molecule has 0 saturated heterocycles. The van der Waals surface area contributed by atoms with Crippen molar-refractivity contribution in [2.75, 3.05) is 0 Å². The molecule has 2 aromatic heterocycles. The fraction of sp³-hybridized carbons (Fsp3) is 0.158. The Morgan fingerprint density at radius 2 is 1.45 bits per heavy atom. The Hall–Kier alpha value is -4.74. The topological polar surface area (TPSA) is 20.7 Å². The van der Waals surface area contributed by atoms with Crippen LogP contribution < -0.4 is 0 Å². The van der Waals surface area contributed by atoms with Gasteiger partial charge in [-0.05, 0) is 84.1 Å². The van der Waals surface area contributed by atoms with Crippen LogP contribution in [0.5, 0.6) is 0 Å². The van der Waals surface area contributed by atoms with E-state index < -0.39 is 0 Å². The van der Waals surface area contributed by atoms with Crippen LogP contribution in [-0.2, 0) is 6.42 Å². The number of aryl methyl sites for hydroxylation is 1. The minimum atomic E-state index is 1.04. The number of rotatable bonds is 3. The Balaban J connectivity index is 0.000000420. The van der Waals surface area contributed by atoms with Crippen molar-refractivity contribution in [2.45, 2.75) is 40.5 Å².